The standard InChI is InChI=1S/C31H32FN7O2S.C29H26F2N4O2S2.C29H30FN7O2S/c1-37(42(3,41)29-19-34-38(2)36-29)26-10-7-23-14-28-22(18-35-39(28)25-11-8-24(32)9-12-25)15-31(23,16-26)30(40)27-13-6-21(17-33-27)20-4-5-20;1-34(39(2,37)25-11-6-22(31)7-12-25)24-8-3-20-15-26-19(18-33-35(26)23-9-4-21(30)5-10-23)16-29(20,17-24)27(36)28-32-13-14-38-28;1-19-11-12-31-25(13-19)28(38)29-15-20-17-33-37(23-9-6-22(30)7-10-23)26(20)14-21(29)5-8-24(16-29)35(2)40(4,39)27-18-32-36(3)34-27/h6,8-9,11-14,17-20,26H,3-5,7,10,15-16H2,1-2H3;4-7,9-15,18,24H,2-3,8,16-17H2,1H3;6-7,9-14,17-18,24H,4-5,8,15-16H2,1-3H3/t26-,31-,42?;24-,29-,39?;24-,29-,40?/m000/s1. The molecule has 4 saturated carbocycles. The number of carbonyl (C=O) groups excluding carboxylic acids is 3. The fourth-order valence-electron chi connectivity index (χ4n) is 18.2. The van der Waals surface area contributed by atoms with E-state index in [2.05, 4.69) is 80.4 Å². The van der Waals surface area contributed by atoms with Crippen molar-refractivity contribution in [2.24, 2.45) is 30.3 Å². The third kappa shape index (κ3) is 15.2. The summed E-state index contributed by atoms with van der Waals surface area (Å²) in [5.41, 5.74) is 11.0. The van der Waals surface area contributed by atoms with Crippen molar-refractivity contribution in [3.05, 3.63) is 278 Å². The van der Waals surface area contributed by atoms with E-state index in [9.17, 15) is 44.6 Å². The smallest absolute Gasteiger partial charge is 0.201 e. The van der Waals surface area contributed by atoms with Crippen LogP contribution in [0, 0.1) is 46.4 Å². The number of hydrogen-bond acceptors (Lipinski definition) is 17. The molecule has 7 aliphatic carbocycles. The predicted molar refractivity (Wildman–Crippen MR) is 458 cm³/mol. The number of allylic oxidation sites excluding steroid dienone is 3. The zero-order chi connectivity index (χ0) is 84.8. The van der Waals surface area contributed by atoms with Crippen molar-refractivity contribution >= 4 is 93.6 Å². The lowest BCUT2D eigenvalue weighted by atomic mass is 9.60. The number of aryl methyl sites for hydroxylation is 3. The summed E-state index contributed by atoms with van der Waals surface area (Å²) in [6, 6.07) is 31.1. The minimum Gasteiger partial charge on any atom is -0.291 e. The minimum absolute atomic E-state index is 0.0376. The number of fused-ring (bicyclic) bond motifs is 6. The molecule has 8 aromatic heterocycles. The van der Waals surface area contributed by atoms with Gasteiger partial charge in [-0.15, -0.1) is 21.5 Å². The molecule has 0 spiro atoms. The molecule has 4 fully saturated rings. The first kappa shape index (κ1) is 81.9. The van der Waals surface area contributed by atoms with Crippen molar-refractivity contribution < 1.29 is 44.6 Å². The Kier molecular flexibility index (Phi) is 21.6. The third-order valence-electron chi connectivity index (χ3n) is 25.2. The van der Waals surface area contributed by atoms with Gasteiger partial charge in [-0.2, -0.15) is 35.1 Å². The minimum atomic E-state index is -2.93. The Balaban J connectivity index is 0.000000129. The van der Waals surface area contributed by atoms with E-state index in [4.69, 9.17) is 0 Å². The zero-order valence-electron chi connectivity index (χ0n) is 67.4. The van der Waals surface area contributed by atoms with Crippen LogP contribution in [0.25, 0.3) is 35.3 Å². The average molecular weight is 1710 g/mol. The van der Waals surface area contributed by atoms with E-state index in [1.165, 1.54) is 99.6 Å². The Hall–Kier alpha value is -11.4. The van der Waals surface area contributed by atoms with Crippen molar-refractivity contribution in [2.75, 3.05) is 21.1 Å². The topological polar surface area (TPSA) is 266 Å². The van der Waals surface area contributed by atoms with Gasteiger partial charge < -0.3 is 0 Å². The van der Waals surface area contributed by atoms with E-state index in [0.29, 0.717) is 114 Å². The number of nitrogens with zero attached hydrogens (tertiary/aromatic N) is 18. The highest BCUT2D eigenvalue weighted by atomic mass is 32.2. The Bertz CT molecular complexity index is 6500. The van der Waals surface area contributed by atoms with E-state index in [0.717, 1.165) is 86.0 Å². The van der Waals surface area contributed by atoms with Gasteiger partial charge in [0.2, 0.25) is 5.78 Å². The van der Waals surface area contributed by atoms with Crippen molar-refractivity contribution in [3.8, 4) is 17.1 Å². The van der Waals surface area contributed by atoms with Crippen LogP contribution in [-0.4, -0.2) is 174 Å². The number of halogens is 4. The van der Waals surface area contributed by atoms with E-state index in [1.807, 2.05) is 43.5 Å². The van der Waals surface area contributed by atoms with Crippen LogP contribution in [0.5, 0.6) is 0 Å². The van der Waals surface area contributed by atoms with Crippen molar-refractivity contribution in [1.29, 1.82) is 0 Å². The van der Waals surface area contributed by atoms with Crippen LogP contribution in [0.2, 0.25) is 0 Å². The Morgan fingerprint density at radius 2 is 0.851 bits per heavy atom. The number of pyridine rings is 2. The molecule has 7 aliphatic rings. The summed E-state index contributed by atoms with van der Waals surface area (Å²) in [6.07, 6.45) is 28.5. The summed E-state index contributed by atoms with van der Waals surface area (Å²) in [6.45, 7) is 1.94. The Morgan fingerprint density at radius 3 is 1.21 bits per heavy atom. The maximum absolute atomic E-state index is 14.6. The maximum Gasteiger partial charge on any atom is 0.201 e. The first-order valence-electron chi connectivity index (χ1n) is 39.8. The number of ketones is 3. The molecule has 19 rings (SSSR count). The SMILES string of the molecule is C=S(=O)(c1ccc(F)cc1)N(C)[C@H]1CCC2=Cc3c(cnn3-c3ccc(F)cc3)C[C@]2(C(=O)c2nccs2)C1.C=S(=O)(c1cnn(C)n1)N(C)[C@H]1CCC2=Cc3c(cnn3-c3ccc(F)cc3)C[C@]2(C(=O)c2cc(C)ccn2)C1.C=S(=O)(c1cnn(C)n1)N(C)[C@H]1CCC2=Cc3c(cnn3-c3ccc(F)cc3)C[C@]2(C(=O)c2ccc(C3CC3)cn2)C1. The molecule has 0 amide bonds. The van der Waals surface area contributed by atoms with Crippen LogP contribution in [0.15, 0.2) is 208 Å². The molecular formula is C89H88F4N18O6S4. The number of Topliss-reactive ketones (excluding diaryl/α,β-unsaturated/α-hetero) is 3. The van der Waals surface area contributed by atoms with Gasteiger partial charge in [-0.1, -0.05) is 22.8 Å². The van der Waals surface area contributed by atoms with Crippen LogP contribution >= 0.6 is 11.3 Å². The molecule has 0 saturated heterocycles. The lowest BCUT2D eigenvalue weighted by Crippen LogP contribution is -2.49. The molecule has 0 aliphatic heterocycles. The van der Waals surface area contributed by atoms with E-state index in [-0.39, 0.29) is 52.9 Å². The first-order valence-corrected chi connectivity index (χ1v) is 45.7. The molecule has 0 N–H and O–H groups in total. The number of rotatable bonds is 19. The Labute approximate surface area is 702 Å². The highest BCUT2D eigenvalue weighted by Gasteiger charge is 2.55. The zero-order valence-corrected chi connectivity index (χ0v) is 70.7. The molecule has 24 nitrogen and oxygen atoms in total. The van der Waals surface area contributed by atoms with Gasteiger partial charge in [0.1, 0.15) is 34.7 Å². The van der Waals surface area contributed by atoms with E-state index in [1.54, 1.807) is 135 Å². The molecule has 4 aromatic carbocycles. The summed E-state index contributed by atoms with van der Waals surface area (Å²) in [4.78, 5) is 59.8. The Morgan fingerprint density at radius 1 is 0.455 bits per heavy atom. The normalized spacial score (nSPS) is 22.4. The van der Waals surface area contributed by atoms with Gasteiger partial charge in [-0.05, 0) is 303 Å². The first-order chi connectivity index (χ1) is 57.9. The molecule has 8 heterocycles. The monoisotopic (exact) mass is 1710 g/mol. The molecule has 12 aromatic rings. The van der Waals surface area contributed by atoms with Gasteiger partial charge in [0.15, 0.2) is 26.6 Å². The molecular weight excluding hydrogens is 1620 g/mol. The van der Waals surface area contributed by atoms with Crippen LogP contribution < -0.4 is 0 Å². The number of hydrogen-bond donors (Lipinski definition) is 0. The summed E-state index contributed by atoms with van der Waals surface area (Å²) in [5.74, 6) is 11.2. The highest BCUT2D eigenvalue weighted by Crippen LogP contribution is 2.55. The van der Waals surface area contributed by atoms with Gasteiger partial charge in [0.25, 0.3) is 0 Å². The summed E-state index contributed by atoms with van der Waals surface area (Å²) < 4.78 is 107. The van der Waals surface area contributed by atoms with Gasteiger partial charge in [-0.3, -0.25) is 24.4 Å². The number of carbonyl (C=O) groups is 3. The second-order valence-corrected chi connectivity index (χ2v) is 40.2. The summed E-state index contributed by atoms with van der Waals surface area (Å²) in [5, 5.41) is 33.4. The number of aromatic nitrogens is 15. The molecule has 622 valence electrons. The summed E-state index contributed by atoms with van der Waals surface area (Å²) >= 11 is 1.31. The summed E-state index contributed by atoms with van der Waals surface area (Å²) in [7, 11) is -0.0853. The quantitative estimate of drug-likeness (QED) is 0.0414. The molecule has 0 bridgehead atoms. The predicted octanol–water partition coefficient (Wildman–Crippen LogP) is 13.8. The second kappa shape index (κ2) is 31.9. The average Bonchev–Trinajstić information content (AvgIpc) is 1.72. The van der Waals surface area contributed by atoms with Crippen molar-refractivity contribution in [3.63, 3.8) is 0 Å². The maximum atomic E-state index is 14.6. The second-order valence-electron chi connectivity index (χ2n) is 32.5. The van der Waals surface area contributed by atoms with Crippen LogP contribution in [0.1, 0.15) is 152 Å². The number of thiazole rings is 1. The van der Waals surface area contributed by atoms with Crippen LogP contribution in [0.3, 0.4) is 0 Å². The van der Waals surface area contributed by atoms with Gasteiger partial charge in [-0.25, -0.2) is 62.1 Å². The molecule has 3 unspecified atom stereocenters. The molecule has 121 heavy (non-hydrogen) atoms. The highest BCUT2D eigenvalue weighted by molar-refractivity contribution is 7.98. The van der Waals surface area contributed by atoms with Gasteiger partial charge in [0.05, 0.1) is 110 Å². The molecule has 9 atom stereocenters. The molecule has 0 radical (unpaired) electrons. The van der Waals surface area contributed by atoms with Gasteiger partial charge in [0, 0.05) is 61.1 Å². The van der Waals surface area contributed by atoms with Crippen molar-refractivity contribution in [1.82, 2.24) is 87.2 Å². The fourth-order valence-corrected chi connectivity index (χ4v) is 23.3. The lowest BCUT2D eigenvalue weighted by molar-refractivity contribution is 0.0743. The third-order valence-corrected chi connectivity index (χ3v) is 32.3. The van der Waals surface area contributed by atoms with Crippen molar-refractivity contribution in [2.45, 2.75) is 136 Å². The van der Waals surface area contributed by atoms with E-state index < -0.39 is 51.2 Å². The van der Waals surface area contributed by atoms with E-state index >= 15 is 0 Å². The molecule has 32 heteroatoms. The largest absolute Gasteiger partial charge is 0.291 e. The fraction of sp³-hybridized carbons (Fsp3) is 0.303. The number of benzene rings is 4. The lowest BCUT2D eigenvalue weighted by Gasteiger charge is -2.46. The van der Waals surface area contributed by atoms with Crippen LogP contribution in [-0.2, 0) is 62.5 Å². The van der Waals surface area contributed by atoms with Crippen LogP contribution in [0.4, 0.5) is 17.6 Å². The van der Waals surface area contributed by atoms with Gasteiger partial charge >= 0.3 is 0 Å².